The van der Waals surface area contributed by atoms with E-state index in [0.717, 1.165) is 48.1 Å². The van der Waals surface area contributed by atoms with E-state index in [1.54, 1.807) is 5.57 Å². The maximum absolute atomic E-state index is 13.2. The number of aliphatic hydroxyl groups excluding tert-OH is 1. The molecule has 36 heavy (non-hydrogen) atoms. The molecule has 1 saturated heterocycles. The highest BCUT2D eigenvalue weighted by atomic mass is 16.3. The number of likely N-dealkylation sites (N-methyl/N-ethyl adjacent to an activating group) is 1. The molecule has 9 unspecified atom stereocenters. The predicted octanol–water partition coefficient (Wildman–Crippen LogP) is 5.31. The second-order valence-corrected chi connectivity index (χ2v) is 13.4. The molecule has 1 N–H and O–H groups in total. The van der Waals surface area contributed by atoms with Crippen molar-refractivity contribution in [2.24, 2.45) is 34.5 Å². The van der Waals surface area contributed by atoms with Gasteiger partial charge in [-0.2, -0.15) is 0 Å². The van der Waals surface area contributed by atoms with Crippen LogP contribution in [-0.2, 0) is 11.2 Å². The zero-order valence-electron chi connectivity index (χ0n) is 22.8. The lowest BCUT2D eigenvalue weighted by molar-refractivity contribution is -0.142. The van der Waals surface area contributed by atoms with Crippen LogP contribution in [0.5, 0.6) is 0 Å². The van der Waals surface area contributed by atoms with Crippen molar-refractivity contribution < 1.29 is 9.90 Å². The number of likely N-dealkylation sites (tertiary alicyclic amines) is 1. The molecule has 1 aromatic rings. The van der Waals surface area contributed by atoms with Gasteiger partial charge in [0.15, 0.2) is 0 Å². The zero-order valence-corrected chi connectivity index (χ0v) is 22.8. The van der Waals surface area contributed by atoms with Crippen molar-refractivity contribution in [2.45, 2.75) is 89.8 Å². The van der Waals surface area contributed by atoms with Gasteiger partial charge in [0.2, 0.25) is 0 Å². The largest absolute Gasteiger partial charge is 0.383 e. The number of hydrogen-bond acceptors (Lipinski definition) is 3. The van der Waals surface area contributed by atoms with Gasteiger partial charge < -0.3 is 14.9 Å². The number of aliphatic hydroxyl groups is 1. The van der Waals surface area contributed by atoms with Gasteiger partial charge in [-0.15, -0.1) is 0 Å². The molecule has 0 radical (unpaired) electrons. The SMILES string of the molecule is CC1C2CCC3C4CC=C5CC(N(C)C(=O)C(O)Cc6ccccc6)CCC5(C)C4CCC32CN1C. The highest BCUT2D eigenvalue weighted by Crippen LogP contribution is 2.68. The first kappa shape index (κ1) is 24.7. The van der Waals surface area contributed by atoms with Crippen LogP contribution in [0.2, 0.25) is 0 Å². The highest BCUT2D eigenvalue weighted by molar-refractivity contribution is 5.81. The molecular formula is C32H46N2O2. The van der Waals surface area contributed by atoms with E-state index in [9.17, 15) is 9.90 Å². The minimum Gasteiger partial charge on any atom is -0.383 e. The Balaban J connectivity index is 1.16. The summed E-state index contributed by atoms with van der Waals surface area (Å²) in [5, 5.41) is 10.7. The van der Waals surface area contributed by atoms with Crippen molar-refractivity contribution in [1.29, 1.82) is 0 Å². The Bertz CT molecular complexity index is 1020. The first-order valence-electron chi connectivity index (χ1n) is 14.6. The predicted molar refractivity (Wildman–Crippen MR) is 144 cm³/mol. The van der Waals surface area contributed by atoms with Gasteiger partial charge >= 0.3 is 0 Å². The minimum atomic E-state index is -0.966. The third kappa shape index (κ3) is 3.65. The van der Waals surface area contributed by atoms with E-state index >= 15 is 0 Å². The molecule has 9 atom stereocenters. The lowest BCUT2D eigenvalue weighted by Gasteiger charge is -2.58. The van der Waals surface area contributed by atoms with Gasteiger partial charge in [0, 0.05) is 32.1 Å². The van der Waals surface area contributed by atoms with Crippen molar-refractivity contribution in [3.05, 3.63) is 47.5 Å². The fraction of sp³-hybridized carbons (Fsp3) is 0.719. The second-order valence-electron chi connectivity index (χ2n) is 13.4. The molecule has 1 heterocycles. The number of fused-ring (bicyclic) bond motifs is 4. The quantitative estimate of drug-likeness (QED) is 0.582. The van der Waals surface area contributed by atoms with E-state index in [2.05, 4.69) is 31.9 Å². The van der Waals surface area contributed by atoms with Crippen molar-refractivity contribution >= 4 is 5.91 Å². The van der Waals surface area contributed by atoms with Gasteiger partial charge in [0.25, 0.3) is 5.91 Å². The molecule has 0 aromatic heterocycles. The Kier molecular flexibility index (Phi) is 6.15. The number of carbonyl (C=O) groups excluding carboxylic acids is 1. The fourth-order valence-electron chi connectivity index (χ4n) is 10.1. The molecule has 4 aliphatic carbocycles. The van der Waals surface area contributed by atoms with E-state index in [1.807, 2.05) is 42.3 Å². The van der Waals surface area contributed by atoms with Crippen LogP contribution in [0.3, 0.4) is 0 Å². The highest BCUT2D eigenvalue weighted by Gasteiger charge is 2.64. The number of rotatable bonds is 4. The summed E-state index contributed by atoms with van der Waals surface area (Å²) in [6, 6.07) is 10.8. The molecule has 196 valence electrons. The van der Waals surface area contributed by atoms with Gasteiger partial charge in [-0.25, -0.2) is 0 Å². The summed E-state index contributed by atoms with van der Waals surface area (Å²) in [6.07, 6.45) is 12.2. The van der Waals surface area contributed by atoms with Crippen LogP contribution in [0, 0.1) is 34.5 Å². The number of amides is 1. The lowest BCUT2D eigenvalue weighted by Crippen LogP contribution is -2.53. The van der Waals surface area contributed by atoms with Gasteiger partial charge in [-0.05, 0) is 105 Å². The third-order valence-corrected chi connectivity index (χ3v) is 12.1. The summed E-state index contributed by atoms with van der Waals surface area (Å²) in [4.78, 5) is 17.7. The van der Waals surface area contributed by atoms with Crippen LogP contribution in [0.4, 0.5) is 0 Å². The van der Waals surface area contributed by atoms with Crippen molar-refractivity contribution in [2.75, 3.05) is 20.6 Å². The van der Waals surface area contributed by atoms with E-state index in [0.29, 0.717) is 17.3 Å². The first-order chi connectivity index (χ1) is 17.2. The van der Waals surface area contributed by atoms with Gasteiger partial charge in [0.05, 0.1) is 0 Å². The van der Waals surface area contributed by atoms with Crippen LogP contribution < -0.4 is 0 Å². The van der Waals surface area contributed by atoms with Crippen LogP contribution in [-0.4, -0.2) is 59.6 Å². The van der Waals surface area contributed by atoms with Gasteiger partial charge in [-0.1, -0.05) is 48.9 Å². The van der Waals surface area contributed by atoms with E-state index in [1.165, 1.54) is 45.1 Å². The molecule has 5 aliphatic rings. The maximum Gasteiger partial charge on any atom is 0.251 e. The molecule has 4 heteroatoms. The third-order valence-electron chi connectivity index (χ3n) is 12.1. The maximum atomic E-state index is 13.2. The Labute approximate surface area is 218 Å². The Morgan fingerprint density at radius 3 is 2.64 bits per heavy atom. The average molecular weight is 491 g/mol. The molecule has 1 spiro atoms. The smallest absolute Gasteiger partial charge is 0.251 e. The molecule has 1 aromatic carbocycles. The molecule has 0 bridgehead atoms. The molecule has 1 aliphatic heterocycles. The molecule has 1 amide bonds. The van der Waals surface area contributed by atoms with E-state index < -0.39 is 6.10 Å². The minimum absolute atomic E-state index is 0.127. The first-order valence-corrected chi connectivity index (χ1v) is 14.6. The van der Waals surface area contributed by atoms with Gasteiger partial charge in [-0.3, -0.25) is 4.79 Å². The van der Waals surface area contributed by atoms with Crippen LogP contribution in [0.1, 0.15) is 70.8 Å². The normalized spacial score (nSPS) is 42.5. The Hall–Kier alpha value is -1.65. The summed E-state index contributed by atoms with van der Waals surface area (Å²) in [7, 11) is 4.27. The van der Waals surface area contributed by atoms with Crippen molar-refractivity contribution in [3.8, 4) is 0 Å². The number of benzene rings is 1. The molecule has 3 saturated carbocycles. The van der Waals surface area contributed by atoms with Crippen LogP contribution in [0.25, 0.3) is 0 Å². The van der Waals surface area contributed by atoms with Crippen molar-refractivity contribution in [3.63, 3.8) is 0 Å². The summed E-state index contributed by atoms with van der Waals surface area (Å²) in [5.41, 5.74) is 3.49. The average Bonchev–Trinajstić information content (AvgIpc) is 3.36. The standard InChI is InChI=1S/C32H46N2O2/c1-21-26-12-13-28-25-11-10-23-19-24(34(4)30(36)29(35)18-22-8-6-5-7-9-22)14-16-31(23,2)27(25)15-17-32(26,28)20-33(21)3/h5-10,21,24-29,35H,11-20H2,1-4H3. The fourth-order valence-corrected chi connectivity index (χ4v) is 10.1. The number of carbonyl (C=O) groups is 1. The molecule has 4 fully saturated rings. The van der Waals surface area contributed by atoms with Crippen LogP contribution >= 0.6 is 0 Å². The molecular weight excluding hydrogens is 444 g/mol. The second kappa shape index (κ2) is 8.98. The van der Waals surface area contributed by atoms with E-state index in [-0.39, 0.29) is 11.9 Å². The summed E-state index contributed by atoms with van der Waals surface area (Å²) < 4.78 is 0. The Morgan fingerprint density at radius 1 is 1.11 bits per heavy atom. The summed E-state index contributed by atoms with van der Waals surface area (Å²) in [5.74, 6) is 3.33. The van der Waals surface area contributed by atoms with E-state index in [4.69, 9.17) is 0 Å². The number of nitrogens with zero attached hydrogens (tertiary/aromatic N) is 2. The summed E-state index contributed by atoms with van der Waals surface area (Å²) >= 11 is 0. The Morgan fingerprint density at radius 2 is 1.86 bits per heavy atom. The zero-order chi connectivity index (χ0) is 25.2. The van der Waals surface area contributed by atoms with Gasteiger partial charge in [0.1, 0.15) is 6.10 Å². The van der Waals surface area contributed by atoms with Crippen molar-refractivity contribution in [1.82, 2.24) is 9.80 Å². The molecule has 6 rings (SSSR count). The number of hydrogen-bond donors (Lipinski definition) is 1. The lowest BCUT2D eigenvalue weighted by atomic mass is 9.47. The monoisotopic (exact) mass is 490 g/mol. The molecule has 4 nitrogen and oxygen atoms in total. The number of allylic oxidation sites excluding steroid dienone is 1. The summed E-state index contributed by atoms with van der Waals surface area (Å²) in [6.45, 7) is 6.36. The van der Waals surface area contributed by atoms with Crippen LogP contribution in [0.15, 0.2) is 42.0 Å². The topological polar surface area (TPSA) is 43.8 Å².